The molecule has 0 aliphatic carbocycles. The maximum absolute atomic E-state index is 10.6. The molecule has 0 saturated heterocycles. The summed E-state index contributed by atoms with van der Waals surface area (Å²) in [6, 6.07) is 16.7. The highest BCUT2D eigenvalue weighted by Crippen LogP contribution is 2.14. The number of non-ortho nitro benzene ring substituents is 1. The maximum atomic E-state index is 10.6. The molecule has 0 fully saturated rings. The van der Waals surface area contributed by atoms with Crippen molar-refractivity contribution in [2.45, 2.75) is 6.42 Å². The van der Waals surface area contributed by atoms with Crippen molar-refractivity contribution in [3.63, 3.8) is 0 Å². The lowest BCUT2D eigenvalue weighted by atomic mass is 10.1. The first-order valence-corrected chi connectivity index (χ1v) is 5.70. The summed E-state index contributed by atoms with van der Waals surface area (Å²) in [6.07, 6.45) is 4.73. The Hall–Kier alpha value is -2.42. The van der Waals surface area contributed by atoms with Gasteiger partial charge in [-0.2, -0.15) is 0 Å². The lowest BCUT2D eigenvalue weighted by molar-refractivity contribution is -0.384. The van der Waals surface area contributed by atoms with E-state index in [9.17, 15) is 10.1 Å². The van der Waals surface area contributed by atoms with Crippen LogP contribution in [-0.4, -0.2) is 4.92 Å². The van der Waals surface area contributed by atoms with Crippen molar-refractivity contribution < 1.29 is 4.92 Å². The summed E-state index contributed by atoms with van der Waals surface area (Å²) in [6.45, 7) is 0. The van der Waals surface area contributed by atoms with Crippen molar-refractivity contribution in [2.24, 2.45) is 0 Å². The summed E-state index contributed by atoms with van der Waals surface area (Å²) in [5.74, 6) is 0. The van der Waals surface area contributed by atoms with Crippen LogP contribution in [0.15, 0.2) is 60.7 Å². The lowest BCUT2D eigenvalue weighted by Crippen LogP contribution is -1.87. The number of benzene rings is 2. The summed E-state index contributed by atoms with van der Waals surface area (Å²) < 4.78 is 0. The molecule has 0 amide bonds. The number of allylic oxidation sites excluding steroid dienone is 1. The van der Waals surface area contributed by atoms with E-state index in [2.05, 4.69) is 12.1 Å². The summed E-state index contributed by atoms with van der Waals surface area (Å²) in [5, 5.41) is 10.6. The first kappa shape index (κ1) is 12.0. The fourth-order valence-corrected chi connectivity index (χ4v) is 1.69. The van der Waals surface area contributed by atoms with Crippen molar-refractivity contribution in [3.8, 4) is 0 Å². The molecular weight excluding hydrogens is 226 g/mol. The molecule has 0 heterocycles. The topological polar surface area (TPSA) is 43.1 Å². The van der Waals surface area contributed by atoms with Crippen LogP contribution >= 0.6 is 0 Å². The molecule has 0 aliphatic rings. The van der Waals surface area contributed by atoms with E-state index in [0.717, 1.165) is 12.0 Å². The minimum absolute atomic E-state index is 0.122. The summed E-state index contributed by atoms with van der Waals surface area (Å²) in [7, 11) is 0. The predicted molar refractivity (Wildman–Crippen MR) is 72.3 cm³/mol. The number of nitrogens with zero attached hydrogens (tertiary/aromatic N) is 1. The normalized spacial score (nSPS) is 10.7. The zero-order valence-electron chi connectivity index (χ0n) is 9.82. The third kappa shape index (κ3) is 3.28. The molecule has 2 aromatic carbocycles. The molecule has 0 bridgehead atoms. The van der Waals surface area contributed by atoms with Crippen LogP contribution in [0.4, 0.5) is 5.69 Å². The van der Waals surface area contributed by atoms with Crippen molar-refractivity contribution in [1.82, 2.24) is 0 Å². The van der Waals surface area contributed by atoms with E-state index in [-0.39, 0.29) is 10.6 Å². The van der Waals surface area contributed by atoms with Crippen LogP contribution in [0.2, 0.25) is 0 Å². The SMILES string of the molecule is O=[N+]([O-])c1cccc(/C=C\Cc2ccccc2)c1. The summed E-state index contributed by atoms with van der Waals surface area (Å²) in [5.41, 5.74) is 2.19. The molecule has 0 radical (unpaired) electrons. The van der Waals surface area contributed by atoms with Crippen LogP contribution in [0.5, 0.6) is 0 Å². The van der Waals surface area contributed by atoms with Gasteiger partial charge in [0.2, 0.25) is 0 Å². The number of hydrogen-bond acceptors (Lipinski definition) is 2. The van der Waals surface area contributed by atoms with Crippen LogP contribution in [0, 0.1) is 10.1 Å². The molecule has 18 heavy (non-hydrogen) atoms. The fraction of sp³-hybridized carbons (Fsp3) is 0.0667. The Morgan fingerprint density at radius 3 is 2.56 bits per heavy atom. The van der Waals surface area contributed by atoms with Gasteiger partial charge >= 0.3 is 0 Å². The predicted octanol–water partition coefficient (Wildman–Crippen LogP) is 3.85. The van der Waals surface area contributed by atoms with Crippen molar-refractivity contribution in [3.05, 3.63) is 81.9 Å². The van der Waals surface area contributed by atoms with Gasteiger partial charge in [-0.3, -0.25) is 10.1 Å². The number of rotatable bonds is 4. The molecule has 0 saturated carbocycles. The van der Waals surface area contributed by atoms with Gasteiger partial charge in [-0.05, 0) is 17.5 Å². The zero-order valence-corrected chi connectivity index (χ0v) is 9.82. The lowest BCUT2D eigenvalue weighted by Gasteiger charge is -1.96. The molecule has 90 valence electrons. The van der Waals surface area contributed by atoms with E-state index in [4.69, 9.17) is 0 Å². The van der Waals surface area contributed by atoms with Crippen molar-refractivity contribution in [1.29, 1.82) is 0 Å². The number of nitro groups is 1. The van der Waals surface area contributed by atoms with Crippen LogP contribution in [0.3, 0.4) is 0 Å². The molecule has 0 spiro atoms. The molecule has 0 aliphatic heterocycles. The van der Waals surface area contributed by atoms with Gasteiger partial charge in [-0.15, -0.1) is 0 Å². The second-order valence-electron chi connectivity index (χ2n) is 3.94. The Balaban J connectivity index is 2.05. The van der Waals surface area contributed by atoms with E-state index in [1.165, 1.54) is 11.6 Å². The highest BCUT2D eigenvalue weighted by atomic mass is 16.6. The molecular formula is C15H13NO2. The molecule has 3 heteroatoms. The smallest absolute Gasteiger partial charge is 0.258 e. The molecule has 0 aromatic heterocycles. The standard InChI is InChI=1S/C15H13NO2/c17-16(18)15-11-5-10-14(12-15)9-4-8-13-6-2-1-3-7-13/h1-7,9-12H,8H2/b9-4-. The molecule has 2 rings (SSSR count). The van der Waals surface area contributed by atoms with Gasteiger partial charge < -0.3 is 0 Å². The highest BCUT2D eigenvalue weighted by molar-refractivity contribution is 5.53. The molecule has 0 unspecified atom stereocenters. The Labute approximate surface area is 106 Å². The monoisotopic (exact) mass is 239 g/mol. The Bertz CT molecular complexity index is 562. The van der Waals surface area contributed by atoms with Gasteiger partial charge in [0.25, 0.3) is 5.69 Å². The molecule has 0 N–H and O–H groups in total. The number of nitro benzene ring substituents is 1. The van der Waals surface area contributed by atoms with Gasteiger partial charge in [-0.25, -0.2) is 0 Å². The van der Waals surface area contributed by atoms with Crippen LogP contribution in [-0.2, 0) is 6.42 Å². The fourth-order valence-electron chi connectivity index (χ4n) is 1.69. The van der Waals surface area contributed by atoms with Crippen molar-refractivity contribution >= 4 is 11.8 Å². The minimum atomic E-state index is -0.380. The van der Waals surface area contributed by atoms with E-state index in [1.807, 2.05) is 36.4 Å². The van der Waals surface area contributed by atoms with Gasteiger partial charge in [0.1, 0.15) is 0 Å². The second kappa shape index (κ2) is 5.77. The summed E-state index contributed by atoms with van der Waals surface area (Å²) >= 11 is 0. The Kier molecular flexibility index (Phi) is 3.86. The molecule has 0 atom stereocenters. The number of hydrogen-bond donors (Lipinski definition) is 0. The van der Waals surface area contributed by atoms with Gasteiger partial charge in [0.15, 0.2) is 0 Å². The van der Waals surface area contributed by atoms with E-state index in [1.54, 1.807) is 12.1 Å². The van der Waals surface area contributed by atoms with Crippen LogP contribution < -0.4 is 0 Å². The Morgan fingerprint density at radius 1 is 1.06 bits per heavy atom. The second-order valence-corrected chi connectivity index (χ2v) is 3.94. The van der Waals surface area contributed by atoms with Gasteiger partial charge in [0.05, 0.1) is 4.92 Å². The van der Waals surface area contributed by atoms with E-state index < -0.39 is 0 Å². The van der Waals surface area contributed by atoms with E-state index in [0.29, 0.717) is 0 Å². The quantitative estimate of drug-likeness (QED) is 0.600. The third-order valence-electron chi connectivity index (χ3n) is 2.59. The average Bonchev–Trinajstić information content (AvgIpc) is 2.40. The Morgan fingerprint density at radius 2 is 1.83 bits per heavy atom. The first-order chi connectivity index (χ1) is 8.75. The highest BCUT2D eigenvalue weighted by Gasteiger charge is 2.03. The average molecular weight is 239 g/mol. The van der Waals surface area contributed by atoms with Crippen LogP contribution in [0.25, 0.3) is 6.08 Å². The zero-order chi connectivity index (χ0) is 12.8. The maximum Gasteiger partial charge on any atom is 0.270 e. The van der Waals surface area contributed by atoms with Gasteiger partial charge in [-0.1, -0.05) is 54.6 Å². The van der Waals surface area contributed by atoms with Crippen molar-refractivity contribution in [2.75, 3.05) is 0 Å². The molecule has 3 nitrogen and oxygen atoms in total. The van der Waals surface area contributed by atoms with E-state index >= 15 is 0 Å². The first-order valence-electron chi connectivity index (χ1n) is 5.70. The largest absolute Gasteiger partial charge is 0.270 e. The summed E-state index contributed by atoms with van der Waals surface area (Å²) in [4.78, 5) is 10.2. The van der Waals surface area contributed by atoms with Crippen LogP contribution in [0.1, 0.15) is 11.1 Å². The minimum Gasteiger partial charge on any atom is -0.258 e. The van der Waals surface area contributed by atoms with Gasteiger partial charge in [0, 0.05) is 12.1 Å². The third-order valence-corrected chi connectivity index (χ3v) is 2.59. The molecule has 2 aromatic rings.